The molecule has 10 aromatic carbocycles. The molecule has 15 aromatic rings. The molecule has 0 amide bonds. The molecule has 5 aromatic heterocycles. The van der Waals surface area contributed by atoms with Crippen LogP contribution in [0.2, 0.25) is 0 Å². The third kappa shape index (κ3) is 5.34. The van der Waals surface area contributed by atoms with E-state index in [1.807, 2.05) is 48.5 Å². The van der Waals surface area contributed by atoms with Crippen LogP contribution in [0.15, 0.2) is 228 Å². The monoisotopic (exact) mass is 862 g/mol. The molecule has 5 heterocycles. The Balaban J connectivity index is 0.852. The van der Waals surface area contributed by atoms with E-state index in [4.69, 9.17) is 22.1 Å². The van der Waals surface area contributed by atoms with Crippen molar-refractivity contribution in [3.8, 4) is 0 Å². The highest BCUT2D eigenvalue weighted by Gasteiger charge is 2.24. The Morgan fingerprint density at radius 3 is 0.985 bits per heavy atom. The molecule has 7 heteroatoms. The number of hydrogen-bond donors (Lipinski definition) is 0. The molecule has 0 saturated carbocycles. The van der Waals surface area contributed by atoms with Crippen molar-refractivity contribution in [2.75, 3.05) is 9.80 Å². The Labute approximate surface area is 380 Å². The van der Waals surface area contributed by atoms with Gasteiger partial charge in [0.05, 0.1) is 22.1 Å². The molecule has 0 spiro atoms. The molecule has 7 nitrogen and oxygen atoms in total. The van der Waals surface area contributed by atoms with Gasteiger partial charge in [-0.25, -0.2) is 0 Å². The molecule has 67 heavy (non-hydrogen) atoms. The van der Waals surface area contributed by atoms with Gasteiger partial charge in [0, 0.05) is 78.0 Å². The van der Waals surface area contributed by atoms with Crippen LogP contribution in [0.25, 0.3) is 110 Å². The van der Waals surface area contributed by atoms with E-state index in [2.05, 4.69) is 168 Å². The molecule has 0 bridgehead atoms. The number of hydrogen-bond acceptors (Lipinski definition) is 7. The first-order valence-corrected chi connectivity index (χ1v) is 22.4. The van der Waals surface area contributed by atoms with Gasteiger partial charge in [-0.2, -0.15) is 0 Å². The molecular formula is C60H34N2O5. The van der Waals surface area contributed by atoms with Gasteiger partial charge in [0.1, 0.15) is 55.8 Å². The molecule has 0 aliphatic rings. The zero-order chi connectivity index (χ0) is 43.7. The Bertz CT molecular complexity index is 4190. The third-order valence-corrected chi connectivity index (χ3v) is 13.4. The van der Waals surface area contributed by atoms with Crippen LogP contribution in [0, 0.1) is 0 Å². The van der Waals surface area contributed by atoms with Crippen molar-refractivity contribution in [2.24, 2.45) is 0 Å². The van der Waals surface area contributed by atoms with Crippen molar-refractivity contribution in [3.63, 3.8) is 0 Å². The van der Waals surface area contributed by atoms with E-state index in [1.165, 1.54) is 0 Å². The fourth-order valence-corrected chi connectivity index (χ4v) is 10.5. The highest BCUT2D eigenvalue weighted by Crippen LogP contribution is 2.47. The van der Waals surface area contributed by atoms with E-state index in [-0.39, 0.29) is 0 Å². The molecule has 0 N–H and O–H groups in total. The summed E-state index contributed by atoms with van der Waals surface area (Å²) >= 11 is 0. The lowest BCUT2D eigenvalue weighted by Gasteiger charge is -2.26. The number of rotatable bonds is 6. The summed E-state index contributed by atoms with van der Waals surface area (Å²) in [5.74, 6) is 0. The van der Waals surface area contributed by atoms with Gasteiger partial charge in [-0.15, -0.1) is 0 Å². The van der Waals surface area contributed by atoms with Crippen LogP contribution in [-0.2, 0) is 0 Å². The molecule has 0 radical (unpaired) electrons. The van der Waals surface area contributed by atoms with Gasteiger partial charge >= 0.3 is 0 Å². The van der Waals surface area contributed by atoms with Gasteiger partial charge in [-0.05, 0) is 109 Å². The van der Waals surface area contributed by atoms with E-state index in [9.17, 15) is 0 Å². The Kier molecular flexibility index (Phi) is 7.37. The number of furan rings is 5. The number of anilines is 6. The van der Waals surface area contributed by atoms with Gasteiger partial charge in [0.25, 0.3) is 0 Å². The Hall–Kier alpha value is -9.20. The summed E-state index contributed by atoms with van der Waals surface area (Å²) < 4.78 is 32.8. The first-order valence-electron chi connectivity index (χ1n) is 22.4. The first kappa shape index (κ1) is 36.2. The number of para-hydroxylation sites is 4. The SMILES string of the molecule is c1ccc(N(c2ccc3c(c2)oc2cc4c(cc23)oc2cc3c(cc24)oc2cc(N(c4ccccc4)c4cccc5oc6ccccc6c45)ccc23)c2cccc3oc4ccccc4c23)cc1. The summed E-state index contributed by atoms with van der Waals surface area (Å²) in [6.45, 7) is 0. The maximum absolute atomic E-state index is 6.75. The fourth-order valence-electron chi connectivity index (χ4n) is 10.5. The zero-order valence-corrected chi connectivity index (χ0v) is 35.6. The summed E-state index contributed by atoms with van der Waals surface area (Å²) in [6, 6.07) is 71.1. The van der Waals surface area contributed by atoms with Crippen LogP contribution >= 0.6 is 0 Å². The fraction of sp³-hybridized carbons (Fsp3) is 0. The van der Waals surface area contributed by atoms with Crippen molar-refractivity contribution in [1.82, 2.24) is 0 Å². The quantitative estimate of drug-likeness (QED) is 0.165. The lowest BCUT2D eigenvalue weighted by molar-refractivity contribution is 0.662. The summed E-state index contributed by atoms with van der Waals surface area (Å²) in [6.07, 6.45) is 0. The minimum atomic E-state index is 0.784. The van der Waals surface area contributed by atoms with Crippen LogP contribution < -0.4 is 9.80 Å². The molecule has 0 aliphatic carbocycles. The van der Waals surface area contributed by atoms with Crippen molar-refractivity contribution in [2.45, 2.75) is 0 Å². The van der Waals surface area contributed by atoms with E-state index in [0.29, 0.717) is 0 Å². The lowest BCUT2D eigenvalue weighted by atomic mass is 10.1. The van der Waals surface area contributed by atoms with Gasteiger partial charge < -0.3 is 31.9 Å². The highest BCUT2D eigenvalue weighted by molar-refractivity contribution is 6.20. The topological polar surface area (TPSA) is 72.2 Å². The van der Waals surface area contributed by atoms with Crippen molar-refractivity contribution < 1.29 is 22.1 Å². The minimum absolute atomic E-state index is 0.784. The van der Waals surface area contributed by atoms with Crippen molar-refractivity contribution in [3.05, 3.63) is 206 Å². The Morgan fingerprint density at radius 1 is 0.209 bits per heavy atom. The van der Waals surface area contributed by atoms with Crippen LogP contribution in [0.3, 0.4) is 0 Å². The van der Waals surface area contributed by atoms with E-state index < -0.39 is 0 Å². The van der Waals surface area contributed by atoms with Gasteiger partial charge in [-0.1, -0.05) is 84.9 Å². The van der Waals surface area contributed by atoms with Crippen LogP contribution in [0.1, 0.15) is 0 Å². The second-order valence-corrected chi connectivity index (χ2v) is 17.2. The smallest absolute Gasteiger partial charge is 0.137 e. The summed E-state index contributed by atoms with van der Waals surface area (Å²) in [5, 5.41) is 10.2. The maximum Gasteiger partial charge on any atom is 0.137 e. The molecule has 0 saturated heterocycles. The summed E-state index contributed by atoms with van der Waals surface area (Å²) in [5.41, 5.74) is 14.2. The van der Waals surface area contributed by atoms with Crippen LogP contribution in [-0.4, -0.2) is 0 Å². The number of fused-ring (bicyclic) bond motifs is 15. The second kappa shape index (κ2) is 13.7. The molecule has 0 aliphatic heterocycles. The predicted octanol–water partition coefficient (Wildman–Crippen LogP) is 18.1. The van der Waals surface area contributed by atoms with E-state index >= 15 is 0 Å². The molecule has 0 unspecified atom stereocenters. The predicted molar refractivity (Wildman–Crippen MR) is 272 cm³/mol. The van der Waals surface area contributed by atoms with Gasteiger partial charge in [0.2, 0.25) is 0 Å². The average molecular weight is 863 g/mol. The van der Waals surface area contributed by atoms with Gasteiger partial charge in [-0.3, -0.25) is 0 Å². The number of benzene rings is 10. The Morgan fingerprint density at radius 2 is 0.552 bits per heavy atom. The molecule has 0 atom stereocenters. The first-order chi connectivity index (χ1) is 33.2. The van der Waals surface area contributed by atoms with Crippen LogP contribution in [0.5, 0.6) is 0 Å². The van der Waals surface area contributed by atoms with Crippen molar-refractivity contribution >= 4 is 144 Å². The summed E-state index contributed by atoms with van der Waals surface area (Å²) in [4.78, 5) is 4.55. The highest BCUT2D eigenvalue weighted by atomic mass is 16.3. The molecule has 314 valence electrons. The van der Waals surface area contributed by atoms with Gasteiger partial charge in [0.15, 0.2) is 0 Å². The normalized spacial score (nSPS) is 12.2. The largest absolute Gasteiger partial charge is 0.456 e. The number of nitrogens with zero attached hydrogens (tertiary/aromatic N) is 2. The standard InChI is InChI=1S/C60H34N2O5/c1-3-13-35(14-4-1)61(47-19-11-23-51-59(47)41-17-7-9-21-49(41)63-51)37-25-27-39-43-31-57-45(33-55(43)65-53(39)29-37)46-34-56-44(32-58(46)67-57)40-28-26-38(30-54(40)66-56)62(36-15-5-2-6-16-36)48-20-12-24-52-60(48)42-18-8-10-22-50(42)64-52/h1-34H. The third-order valence-electron chi connectivity index (χ3n) is 13.4. The molecule has 15 rings (SSSR count). The van der Waals surface area contributed by atoms with E-state index in [1.54, 1.807) is 0 Å². The second-order valence-electron chi connectivity index (χ2n) is 17.2. The van der Waals surface area contributed by atoms with Crippen molar-refractivity contribution in [1.29, 1.82) is 0 Å². The molecular weight excluding hydrogens is 829 g/mol. The lowest BCUT2D eigenvalue weighted by Crippen LogP contribution is -2.10. The average Bonchev–Trinajstić information content (AvgIpc) is 4.19. The van der Waals surface area contributed by atoms with E-state index in [0.717, 1.165) is 144 Å². The molecule has 0 fully saturated rings. The summed E-state index contributed by atoms with van der Waals surface area (Å²) in [7, 11) is 0. The van der Waals surface area contributed by atoms with Crippen LogP contribution in [0.4, 0.5) is 34.1 Å². The maximum atomic E-state index is 6.75. The zero-order valence-electron chi connectivity index (χ0n) is 35.6. The minimum Gasteiger partial charge on any atom is -0.456 e.